The predicted molar refractivity (Wildman–Crippen MR) is 65.8 cm³/mol. The molecule has 0 aliphatic rings. The highest BCUT2D eigenvalue weighted by atomic mass is 16.2. The third-order valence-electron chi connectivity index (χ3n) is 2.35. The molecule has 1 unspecified atom stereocenters. The number of amides is 1. The van der Waals surface area contributed by atoms with Crippen molar-refractivity contribution in [3.05, 3.63) is 48.6 Å². The first-order valence-electron chi connectivity index (χ1n) is 5.37. The molecule has 0 aromatic heterocycles. The molecule has 0 heterocycles. The van der Waals surface area contributed by atoms with Crippen molar-refractivity contribution < 1.29 is 4.79 Å². The lowest BCUT2D eigenvalue weighted by atomic mass is 10.1. The zero-order valence-corrected chi connectivity index (χ0v) is 9.52. The van der Waals surface area contributed by atoms with Crippen LogP contribution in [-0.4, -0.2) is 11.9 Å². The smallest absolute Gasteiger partial charge is 0.241 e. The highest BCUT2D eigenvalue weighted by Gasteiger charge is 2.16. The summed E-state index contributed by atoms with van der Waals surface area (Å²) >= 11 is 0. The predicted octanol–water partition coefficient (Wildman–Crippen LogP) is 1.77. The van der Waals surface area contributed by atoms with Gasteiger partial charge in [0.15, 0.2) is 0 Å². The number of hydrogen-bond donors (Lipinski definition) is 2. The number of benzene rings is 1. The third kappa shape index (κ3) is 3.51. The first-order valence-corrected chi connectivity index (χ1v) is 5.37. The molecule has 0 spiro atoms. The molecule has 3 N–H and O–H groups in total. The van der Waals surface area contributed by atoms with E-state index in [4.69, 9.17) is 5.73 Å². The van der Waals surface area contributed by atoms with Crippen LogP contribution in [-0.2, 0) is 4.79 Å². The van der Waals surface area contributed by atoms with Gasteiger partial charge in [-0.2, -0.15) is 0 Å². The fraction of sp³-hybridized carbons (Fsp3) is 0.308. The number of carbonyl (C=O) groups is 1. The monoisotopic (exact) mass is 218 g/mol. The van der Waals surface area contributed by atoms with Crippen molar-refractivity contribution in [2.45, 2.75) is 25.4 Å². The Morgan fingerprint density at radius 2 is 2.12 bits per heavy atom. The molecule has 1 aromatic carbocycles. The maximum absolute atomic E-state index is 11.8. The lowest BCUT2D eigenvalue weighted by molar-refractivity contribution is -0.123. The van der Waals surface area contributed by atoms with Crippen LogP contribution < -0.4 is 11.1 Å². The fourth-order valence-electron chi connectivity index (χ4n) is 1.45. The number of hydrogen-bond acceptors (Lipinski definition) is 2. The van der Waals surface area contributed by atoms with Gasteiger partial charge in [0.05, 0.1) is 0 Å². The summed E-state index contributed by atoms with van der Waals surface area (Å²) in [5.74, 6) is -0.152. The Hall–Kier alpha value is -1.61. The Bertz CT molecular complexity index is 348. The van der Waals surface area contributed by atoms with Crippen LogP contribution in [0.5, 0.6) is 0 Å². The van der Waals surface area contributed by atoms with Gasteiger partial charge in [-0.1, -0.05) is 36.4 Å². The number of rotatable bonds is 5. The van der Waals surface area contributed by atoms with Crippen LogP contribution in [0.25, 0.3) is 0 Å². The molecule has 1 rings (SSSR count). The number of nitrogens with two attached hydrogens (primary N) is 1. The number of carbonyl (C=O) groups excluding carboxylic acids is 1. The molecule has 0 radical (unpaired) electrons. The highest BCUT2D eigenvalue weighted by Crippen LogP contribution is 2.09. The van der Waals surface area contributed by atoms with Crippen LogP contribution in [0.15, 0.2) is 43.0 Å². The summed E-state index contributed by atoms with van der Waals surface area (Å²) in [6, 6.07) is 8.80. The normalized spacial score (nSPS) is 13.9. The molecule has 16 heavy (non-hydrogen) atoms. The van der Waals surface area contributed by atoms with Crippen LogP contribution in [0.2, 0.25) is 0 Å². The first kappa shape index (κ1) is 12.5. The molecule has 0 fully saturated rings. The van der Waals surface area contributed by atoms with E-state index >= 15 is 0 Å². The average Bonchev–Trinajstić information content (AvgIpc) is 2.29. The summed E-state index contributed by atoms with van der Waals surface area (Å²) in [6.07, 6.45) is 2.52. The summed E-state index contributed by atoms with van der Waals surface area (Å²) in [7, 11) is 0. The van der Waals surface area contributed by atoms with Crippen molar-refractivity contribution in [1.29, 1.82) is 0 Å². The molecule has 0 aliphatic heterocycles. The van der Waals surface area contributed by atoms with Gasteiger partial charge >= 0.3 is 0 Å². The highest BCUT2D eigenvalue weighted by molar-refractivity contribution is 5.83. The van der Waals surface area contributed by atoms with E-state index in [0.29, 0.717) is 0 Å². The van der Waals surface area contributed by atoms with Crippen molar-refractivity contribution in [3.8, 4) is 0 Å². The van der Waals surface area contributed by atoms with Gasteiger partial charge in [0.2, 0.25) is 5.91 Å². The molecule has 0 aliphatic carbocycles. The lowest BCUT2D eigenvalue weighted by Gasteiger charge is -2.16. The van der Waals surface area contributed by atoms with Crippen molar-refractivity contribution >= 4 is 5.91 Å². The second-order valence-corrected chi connectivity index (χ2v) is 3.82. The molecule has 1 aromatic rings. The quantitative estimate of drug-likeness (QED) is 0.740. The summed E-state index contributed by atoms with van der Waals surface area (Å²) in [4.78, 5) is 11.8. The van der Waals surface area contributed by atoms with E-state index in [9.17, 15) is 4.79 Å². The summed E-state index contributed by atoms with van der Waals surface area (Å²) in [5.41, 5.74) is 6.67. The largest absolute Gasteiger partial charge is 0.352 e. The van der Waals surface area contributed by atoms with Gasteiger partial charge in [-0.05, 0) is 18.9 Å². The van der Waals surface area contributed by atoms with E-state index in [-0.39, 0.29) is 11.9 Å². The third-order valence-corrected chi connectivity index (χ3v) is 2.35. The molecule has 3 heteroatoms. The van der Waals surface area contributed by atoms with Crippen molar-refractivity contribution in [2.75, 3.05) is 0 Å². The molecule has 86 valence electrons. The Balaban J connectivity index is 2.58. The maximum atomic E-state index is 11.8. The number of nitrogens with one attached hydrogen (secondary N) is 1. The molecule has 1 amide bonds. The Morgan fingerprint density at radius 3 is 2.69 bits per heavy atom. The van der Waals surface area contributed by atoms with E-state index in [1.165, 1.54) is 0 Å². The molecule has 0 bridgehead atoms. The van der Waals surface area contributed by atoms with E-state index in [2.05, 4.69) is 11.9 Å². The summed E-state index contributed by atoms with van der Waals surface area (Å²) in [5, 5.41) is 2.84. The molecule has 2 atom stereocenters. The standard InChI is InChI=1S/C13H18N2O/c1-3-7-10(2)15-13(16)12(14)11-8-5-4-6-9-11/h3-6,8-10,12H,1,7,14H2,2H3,(H,15,16)/t10?,12-/m1/s1. The van der Waals surface area contributed by atoms with E-state index in [1.807, 2.05) is 37.3 Å². The molecule has 0 saturated heterocycles. The van der Waals surface area contributed by atoms with Crippen molar-refractivity contribution in [3.63, 3.8) is 0 Å². The summed E-state index contributed by atoms with van der Waals surface area (Å²) < 4.78 is 0. The zero-order chi connectivity index (χ0) is 12.0. The average molecular weight is 218 g/mol. The maximum Gasteiger partial charge on any atom is 0.241 e. The Labute approximate surface area is 96.3 Å². The first-order chi connectivity index (χ1) is 7.65. The van der Waals surface area contributed by atoms with Gasteiger partial charge < -0.3 is 11.1 Å². The SMILES string of the molecule is C=CCC(C)NC(=O)[C@H](N)c1ccccc1. The van der Waals surface area contributed by atoms with Crippen LogP contribution in [0, 0.1) is 0 Å². The molecular weight excluding hydrogens is 200 g/mol. The zero-order valence-electron chi connectivity index (χ0n) is 9.52. The fourth-order valence-corrected chi connectivity index (χ4v) is 1.45. The molecule has 0 saturated carbocycles. The van der Waals surface area contributed by atoms with E-state index in [0.717, 1.165) is 12.0 Å². The second kappa shape index (κ2) is 6.08. The Morgan fingerprint density at radius 1 is 1.50 bits per heavy atom. The van der Waals surface area contributed by atoms with Crippen molar-refractivity contribution in [1.82, 2.24) is 5.32 Å². The topological polar surface area (TPSA) is 55.1 Å². The van der Waals surface area contributed by atoms with Crippen LogP contribution >= 0.6 is 0 Å². The van der Waals surface area contributed by atoms with Crippen LogP contribution in [0.4, 0.5) is 0 Å². The molecular formula is C13H18N2O. The Kier molecular flexibility index (Phi) is 4.73. The lowest BCUT2D eigenvalue weighted by Crippen LogP contribution is -2.39. The van der Waals surface area contributed by atoms with Gasteiger partial charge in [-0.3, -0.25) is 4.79 Å². The minimum Gasteiger partial charge on any atom is -0.352 e. The summed E-state index contributed by atoms with van der Waals surface area (Å²) in [6.45, 7) is 5.56. The van der Waals surface area contributed by atoms with Gasteiger partial charge in [-0.15, -0.1) is 6.58 Å². The minimum absolute atomic E-state index is 0.0692. The van der Waals surface area contributed by atoms with Gasteiger partial charge in [0, 0.05) is 6.04 Å². The van der Waals surface area contributed by atoms with E-state index < -0.39 is 6.04 Å². The van der Waals surface area contributed by atoms with Crippen LogP contribution in [0.3, 0.4) is 0 Å². The van der Waals surface area contributed by atoms with Crippen molar-refractivity contribution in [2.24, 2.45) is 5.73 Å². The minimum atomic E-state index is -0.603. The van der Waals surface area contributed by atoms with Gasteiger partial charge in [-0.25, -0.2) is 0 Å². The van der Waals surface area contributed by atoms with Gasteiger partial charge in [0.1, 0.15) is 6.04 Å². The van der Waals surface area contributed by atoms with E-state index in [1.54, 1.807) is 6.08 Å². The second-order valence-electron chi connectivity index (χ2n) is 3.82. The van der Waals surface area contributed by atoms with Gasteiger partial charge in [0.25, 0.3) is 0 Å². The van der Waals surface area contributed by atoms with Crippen LogP contribution in [0.1, 0.15) is 24.9 Å². The molecule has 3 nitrogen and oxygen atoms in total.